The number of carbonyl (C=O) groups excluding carboxylic acids is 1. The summed E-state index contributed by atoms with van der Waals surface area (Å²) in [5.74, 6) is 0.119. The molecule has 0 radical (unpaired) electrons. The summed E-state index contributed by atoms with van der Waals surface area (Å²) < 4.78 is 0. The van der Waals surface area contributed by atoms with Crippen molar-refractivity contribution < 1.29 is 4.79 Å². The quantitative estimate of drug-likeness (QED) is 0.860. The highest BCUT2D eigenvalue weighted by atomic mass is 16.2. The van der Waals surface area contributed by atoms with Crippen LogP contribution in [0.2, 0.25) is 0 Å². The predicted molar refractivity (Wildman–Crippen MR) is 72.4 cm³/mol. The Labute approximate surface area is 108 Å². The smallest absolute Gasteiger partial charge is 0.231 e. The van der Waals surface area contributed by atoms with E-state index in [1.165, 1.54) is 0 Å². The van der Waals surface area contributed by atoms with Crippen LogP contribution in [0.25, 0.3) is 0 Å². The molecule has 1 atom stereocenters. The van der Waals surface area contributed by atoms with Gasteiger partial charge in [-0.2, -0.15) is 0 Å². The van der Waals surface area contributed by atoms with Gasteiger partial charge in [0.05, 0.1) is 17.3 Å². The van der Waals surface area contributed by atoms with Gasteiger partial charge in [0, 0.05) is 12.7 Å². The molecule has 0 aliphatic carbocycles. The summed E-state index contributed by atoms with van der Waals surface area (Å²) in [5, 5.41) is 6.36. The Balaban J connectivity index is 2.13. The number of pyridine rings is 1. The minimum Gasteiger partial charge on any atom is -0.324 e. The van der Waals surface area contributed by atoms with E-state index in [2.05, 4.69) is 22.5 Å². The Hall–Kier alpha value is -1.42. The number of aromatic nitrogens is 1. The van der Waals surface area contributed by atoms with E-state index >= 15 is 0 Å². The number of rotatable bonds is 3. The number of piperidine rings is 1. The standard InChI is InChI=1S/C14H21N3O/c1-3-14(6-4-7-16-10-14)13(18)17-12-9-15-8-5-11(12)2/h5,8-9,16H,3-4,6-7,10H2,1-2H3,(H,17,18). The highest BCUT2D eigenvalue weighted by molar-refractivity contribution is 5.96. The molecule has 4 nitrogen and oxygen atoms in total. The molecule has 2 heterocycles. The highest BCUT2D eigenvalue weighted by Crippen LogP contribution is 2.31. The van der Waals surface area contributed by atoms with Gasteiger partial charge in [-0.1, -0.05) is 6.92 Å². The summed E-state index contributed by atoms with van der Waals surface area (Å²) in [4.78, 5) is 16.6. The SMILES string of the molecule is CCC1(C(=O)Nc2cnccc2C)CCCNC1. The second-order valence-electron chi connectivity index (χ2n) is 5.06. The Kier molecular flexibility index (Phi) is 3.97. The lowest BCUT2D eigenvalue weighted by atomic mass is 9.77. The van der Waals surface area contributed by atoms with E-state index in [1.807, 2.05) is 13.0 Å². The topological polar surface area (TPSA) is 54.0 Å². The van der Waals surface area contributed by atoms with Crippen molar-refractivity contribution in [1.29, 1.82) is 0 Å². The third-order valence-corrected chi connectivity index (χ3v) is 3.92. The summed E-state index contributed by atoms with van der Waals surface area (Å²) in [6.07, 6.45) is 6.34. The number of carbonyl (C=O) groups is 1. The summed E-state index contributed by atoms with van der Waals surface area (Å²) in [7, 11) is 0. The molecule has 1 aromatic rings. The normalized spacial score (nSPS) is 23.7. The molecule has 0 aromatic carbocycles. The average molecular weight is 247 g/mol. The maximum absolute atomic E-state index is 12.5. The van der Waals surface area contributed by atoms with Gasteiger partial charge < -0.3 is 10.6 Å². The Morgan fingerprint density at radius 3 is 3.06 bits per heavy atom. The lowest BCUT2D eigenvalue weighted by Gasteiger charge is -2.35. The van der Waals surface area contributed by atoms with Crippen LogP contribution in [0.5, 0.6) is 0 Å². The molecular formula is C14H21N3O. The summed E-state index contributed by atoms with van der Waals surface area (Å²) >= 11 is 0. The van der Waals surface area contributed by atoms with Crippen molar-refractivity contribution in [2.75, 3.05) is 18.4 Å². The van der Waals surface area contributed by atoms with E-state index < -0.39 is 0 Å². The van der Waals surface area contributed by atoms with Crippen molar-refractivity contribution >= 4 is 11.6 Å². The third kappa shape index (κ3) is 2.53. The lowest BCUT2D eigenvalue weighted by molar-refractivity contribution is -0.126. The van der Waals surface area contributed by atoms with Crippen LogP contribution in [0, 0.1) is 12.3 Å². The van der Waals surface area contributed by atoms with E-state index in [0.29, 0.717) is 0 Å². The van der Waals surface area contributed by atoms with Crippen LogP contribution < -0.4 is 10.6 Å². The third-order valence-electron chi connectivity index (χ3n) is 3.92. The van der Waals surface area contributed by atoms with Crippen molar-refractivity contribution in [2.45, 2.75) is 33.1 Å². The number of aryl methyl sites for hydroxylation is 1. The Morgan fingerprint density at radius 1 is 1.61 bits per heavy atom. The number of hydrogen-bond donors (Lipinski definition) is 2. The van der Waals surface area contributed by atoms with Crippen LogP contribution in [-0.2, 0) is 4.79 Å². The average Bonchev–Trinajstić information content (AvgIpc) is 2.42. The first kappa shape index (κ1) is 13.0. The summed E-state index contributed by atoms with van der Waals surface area (Å²) in [6, 6.07) is 1.91. The molecule has 1 aliphatic rings. The second-order valence-corrected chi connectivity index (χ2v) is 5.06. The molecule has 18 heavy (non-hydrogen) atoms. The maximum Gasteiger partial charge on any atom is 0.231 e. The van der Waals surface area contributed by atoms with Gasteiger partial charge in [-0.15, -0.1) is 0 Å². The molecule has 4 heteroatoms. The zero-order valence-electron chi connectivity index (χ0n) is 11.1. The van der Waals surface area contributed by atoms with Crippen molar-refractivity contribution in [2.24, 2.45) is 5.41 Å². The molecular weight excluding hydrogens is 226 g/mol. The van der Waals surface area contributed by atoms with E-state index in [-0.39, 0.29) is 11.3 Å². The number of amides is 1. The van der Waals surface area contributed by atoms with Crippen molar-refractivity contribution in [3.05, 3.63) is 24.0 Å². The van der Waals surface area contributed by atoms with Crippen LogP contribution in [0.15, 0.2) is 18.5 Å². The van der Waals surface area contributed by atoms with Crippen LogP contribution in [0.1, 0.15) is 31.7 Å². The number of anilines is 1. The molecule has 2 N–H and O–H groups in total. The van der Waals surface area contributed by atoms with Gasteiger partial charge in [0.2, 0.25) is 5.91 Å². The maximum atomic E-state index is 12.5. The minimum atomic E-state index is -0.263. The second kappa shape index (κ2) is 5.48. The van der Waals surface area contributed by atoms with Gasteiger partial charge in [0.15, 0.2) is 0 Å². The van der Waals surface area contributed by atoms with Gasteiger partial charge in [-0.25, -0.2) is 0 Å². The number of nitrogens with zero attached hydrogens (tertiary/aromatic N) is 1. The van der Waals surface area contributed by atoms with Crippen molar-refractivity contribution in [3.63, 3.8) is 0 Å². The molecule has 1 aliphatic heterocycles. The monoisotopic (exact) mass is 247 g/mol. The van der Waals surface area contributed by atoms with Crippen molar-refractivity contribution in [1.82, 2.24) is 10.3 Å². The predicted octanol–water partition coefficient (Wildman–Crippen LogP) is 2.11. The zero-order chi connectivity index (χ0) is 13.0. The molecule has 1 aromatic heterocycles. The summed E-state index contributed by atoms with van der Waals surface area (Å²) in [6.45, 7) is 5.85. The van der Waals surface area contributed by atoms with Crippen LogP contribution in [0.4, 0.5) is 5.69 Å². The number of hydrogen-bond acceptors (Lipinski definition) is 3. The van der Waals surface area contributed by atoms with Crippen molar-refractivity contribution in [3.8, 4) is 0 Å². The first-order chi connectivity index (χ1) is 8.68. The lowest BCUT2D eigenvalue weighted by Crippen LogP contribution is -2.47. The molecule has 0 spiro atoms. The van der Waals surface area contributed by atoms with Gasteiger partial charge in [-0.05, 0) is 44.4 Å². The molecule has 0 saturated carbocycles. The largest absolute Gasteiger partial charge is 0.324 e. The fraction of sp³-hybridized carbons (Fsp3) is 0.571. The Morgan fingerprint density at radius 2 is 2.44 bits per heavy atom. The van der Waals surface area contributed by atoms with Crippen LogP contribution in [-0.4, -0.2) is 24.0 Å². The zero-order valence-corrected chi connectivity index (χ0v) is 11.1. The van der Waals surface area contributed by atoms with Gasteiger partial charge in [0.25, 0.3) is 0 Å². The van der Waals surface area contributed by atoms with E-state index in [0.717, 1.165) is 43.6 Å². The fourth-order valence-electron chi connectivity index (χ4n) is 2.47. The fourth-order valence-corrected chi connectivity index (χ4v) is 2.47. The molecule has 1 fully saturated rings. The highest BCUT2D eigenvalue weighted by Gasteiger charge is 2.37. The van der Waals surface area contributed by atoms with Gasteiger partial charge in [-0.3, -0.25) is 9.78 Å². The molecule has 1 saturated heterocycles. The summed E-state index contributed by atoms with van der Waals surface area (Å²) in [5.41, 5.74) is 1.61. The van der Waals surface area contributed by atoms with Gasteiger partial charge in [0.1, 0.15) is 0 Å². The minimum absolute atomic E-state index is 0.119. The molecule has 98 valence electrons. The first-order valence-electron chi connectivity index (χ1n) is 6.61. The van der Waals surface area contributed by atoms with E-state index in [1.54, 1.807) is 12.4 Å². The Bertz CT molecular complexity index is 425. The molecule has 1 amide bonds. The van der Waals surface area contributed by atoms with Crippen LogP contribution in [0.3, 0.4) is 0 Å². The van der Waals surface area contributed by atoms with Crippen LogP contribution >= 0.6 is 0 Å². The molecule has 0 bridgehead atoms. The van der Waals surface area contributed by atoms with E-state index in [4.69, 9.17) is 0 Å². The first-order valence-corrected chi connectivity index (χ1v) is 6.61. The van der Waals surface area contributed by atoms with E-state index in [9.17, 15) is 4.79 Å². The number of nitrogens with one attached hydrogen (secondary N) is 2. The molecule has 2 rings (SSSR count). The van der Waals surface area contributed by atoms with Gasteiger partial charge >= 0.3 is 0 Å². The molecule has 1 unspecified atom stereocenters.